The summed E-state index contributed by atoms with van der Waals surface area (Å²) in [6.07, 6.45) is 4.02. The lowest BCUT2D eigenvalue weighted by atomic mass is 10.0. The van der Waals surface area contributed by atoms with Crippen LogP contribution in [0.2, 0.25) is 0 Å². The van der Waals surface area contributed by atoms with Gasteiger partial charge in [0.15, 0.2) is 0 Å². The lowest BCUT2D eigenvalue weighted by Gasteiger charge is -2.01. The van der Waals surface area contributed by atoms with Gasteiger partial charge in [-0.1, -0.05) is 24.3 Å². The molecule has 1 aromatic heterocycles. The zero-order valence-corrected chi connectivity index (χ0v) is 8.22. The molecule has 2 heteroatoms. The Morgan fingerprint density at radius 1 is 0.933 bits per heavy atom. The first-order valence-electron chi connectivity index (χ1n) is 4.76. The molecule has 0 aliphatic heterocycles. The first-order chi connectivity index (χ1) is 7.40. The molecule has 0 unspecified atom stereocenters. The smallest absolute Gasteiger partial charge is 0.0669 e. The molecule has 0 spiro atoms. The van der Waals surface area contributed by atoms with Gasteiger partial charge < -0.3 is 0 Å². The van der Waals surface area contributed by atoms with Gasteiger partial charge in [0.25, 0.3) is 0 Å². The number of nitriles is 1. The average Bonchev–Trinajstić information content (AvgIpc) is 2.32. The van der Waals surface area contributed by atoms with E-state index < -0.39 is 0 Å². The molecule has 0 amide bonds. The van der Waals surface area contributed by atoms with Crippen molar-refractivity contribution in [3.63, 3.8) is 0 Å². The van der Waals surface area contributed by atoms with E-state index in [1.54, 1.807) is 12.4 Å². The molecular weight excluding hydrogens is 184 g/mol. The van der Waals surface area contributed by atoms with Crippen LogP contribution in [0, 0.1) is 11.3 Å². The van der Waals surface area contributed by atoms with Crippen molar-refractivity contribution in [2.24, 2.45) is 0 Å². The van der Waals surface area contributed by atoms with Gasteiger partial charge >= 0.3 is 0 Å². The molecule has 2 rings (SSSR count). The second-order valence-electron chi connectivity index (χ2n) is 3.27. The van der Waals surface area contributed by atoms with E-state index in [4.69, 9.17) is 5.26 Å². The third kappa shape index (κ3) is 2.21. The van der Waals surface area contributed by atoms with E-state index in [1.807, 2.05) is 36.4 Å². The molecule has 2 aromatic rings. The van der Waals surface area contributed by atoms with Gasteiger partial charge in [0.1, 0.15) is 0 Å². The zero-order chi connectivity index (χ0) is 10.5. The molecule has 0 aliphatic carbocycles. The van der Waals surface area contributed by atoms with E-state index in [-0.39, 0.29) is 0 Å². The fraction of sp³-hybridized carbons (Fsp3) is 0.0769. The number of nitrogens with zero attached hydrogens (tertiary/aromatic N) is 2. The van der Waals surface area contributed by atoms with Crippen molar-refractivity contribution < 1.29 is 0 Å². The summed E-state index contributed by atoms with van der Waals surface area (Å²) in [7, 11) is 0. The molecule has 72 valence electrons. The van der Waals surface area contributed by atoms with Crippen molar-refractivity contribution in [1.82, 2.24) is 4.98 Å². The summed E-state index contributed by atoms with van der Waals surface area (Å²) in [6, 6.07) is 14.1. The molecule has 1 heterocycles. The highest BCUT2D eigenvalue weighted by Crippen LogP contribution is 2.18. The van der Waals surface area contributed by atoms with Gasteiger partial charge in [-0.2, -0.15) is 5.26 Å². The summed E-state index contributed by atoms with van der Waals surface area (Å²) < 4.78 is 0. The lowest BCUT2D eigenvalue weighted by molar-refractivity contribution is 1.26. The number of hydrogen-bond acceptors (Lipinski definition) is 2. The normalized spacial score (nSPS) is 9.53. The Morgan fingerprint density at radius 2 is 1.53 bits per heavy atom. The van der Waals surface area contributed by atoms with Crippen molar-refractivity contribution in [1.29, 1.82) is 5.26 Å². The second-order valence-corrected chi connectivity index (χ2v) is 3.27. The van der Waals surface area contributed by atoms with Gasteiger partial charge in [0.2, 0.25) is 0 Å². The molecule has 15 heavy (non-hydrogen) atoms. The maximum Gasteiger partial charge on any atom is 0.0669 e. The zero-order valence-electron chi connectivity index (χ0n) is 8.22. The van der Waals surface area contributed by atoms with Crippen LogP contribution >= 0.6 is 0 Å². The van der Waals surface area contributed by atoms with Crippen LogP contribution in [0.4, 0.5) is 0 Å². The molecular formula is C13H10N2. The van der Waals surface area contributed by atoms with E-state index in [0.717, 1.165) is 16.7 Å². The van der Waals surface area contributed by atoms with Crippen molar-refractivity contribution >= 4 is 0 Å². The Morgan fingerprint density at radius 3 is 2.13 bits per heavy atom. The van der Waals surface area contributed by atoms with Crippen LogP contribution in [0.3, 0.4) is 0 Å². The summed E-state index contributed by atoms with van der Waals surface area (Å²) in [4.78, 5) is 3.97. The summed E-state index contributed by atoms with van der Waals surface area (Å²) in [5.74, 6) is 0. The molecule has 0 fully saturated rings. The molecule has 0 N–H and O–H groups in total. The van der Waals surface area contributed by atoms with Crippen LogP contribution < -0.4 is 0 Å². The third-order valence-corrected chi connectivity index (χ3v) is 2.25. The molecule has 2 nitrogen and oxygen atoms in total. The van der Waals surface area contributed by atoms with Gasteiger partial charge in [-0.3, -0.25) is 4.98 Å². The molecule has 0 radical (unpaired) electrons. The molecule has 1 aromatic carbocycles. The number of benzene rings is 1. The Labute approximate surface area is 88.8 Å². The minimum atomic E-state index is 0.469. The predicted molar refractivity (Wildman–Crippen MR) is 59.0 cm³/mol. The summed E-state index contributed by atoms with van der Waals surface area (Å²) in [5, 5.41) is 8.55. The number of hydrogen-bond donors (Lipinski definition) is 0. The number of rotatable bonds is 2. The first-order valence-corrected chi connectivity index (χ1v) is 4.76. The number of aromatic nitrogens is 1. The van der Waals surface area contributed by atoms with Crippen LogP contribution in [0.5, 0.6) is 0 Å². The highest BCUT2D eigenvalue weighted by molar-refractivity contribution is 5.62. The van der Waals surface area contributed by atoms with Crippen LogP contribution in [0.25, 0.3) is 11.1 Å². The summed E-state index contributed by atoms with van der Waals surface area (Å²) >= 11 is 0. The summed E-state index contributed by atoms with van der Waals surface area (Å²) in [6.45, 7) is 0. The van der Waals surface area contributed by atoms with Gasteiger partial charge in [0.05, 0.1) is 12.5 Å². The van der Waals surface area contributed by atoms with Crippen molar-refractivity contribution in [3.8, 4) is 17.2 Å². The van der Waals surface area contributed by atoms with E-state index in [0.29, 0.717) is 6.42 Å². The topological polar surface area (TPSA) is 36.7 Å². The SMILES string of the molecule is N#CCc1ccc(-c2ccncc2)cc1. The van der Waals surface area contributed by atoms with Gasteiger partial charge in [-0.15, -0.1) is 0 Å². The molecule has 0 saturated heterocycles. The Kier molecular flexibility index (Phi) is 2.75. The monoisotopic (exact) mass is 194 g/mol. The highest BCUT2D eigenvalue weighted by Gasteiger charge is 1.96. The predicted octanol–water partition coefficient (Wildman–Crippen LogP) is 2.81. The van der Waals surface area contributed by atoms with Gasteiger partial charge in [-0.25, -0.2) is 0 Å². The second kappa shape index (κ2) is 4.39. The average molecular weight is 194 g/mol. The van der Waals surface area contributed by atoms with E-state index in [9.17, 15) is 0 Å². The largest absolute Gasteiger partial charge is 0.265 e. The van der Waals surface area contributed by atoms with Crippen molar-refractivity contribution in [2.75, 3.05) is 0 Å². The molecule has 0 aliphatic rings. The number of pyridine rings is 1. The fourth-order valence-corrected chi connectivity index (χ4v) is 1.45. The van der Waals surface area contributed by atoms with Crippen LogP contribution in [-0.2, 0) is 6.42 Å². The minimum absolute atomic E-state index is 0.469. The van der Waals surface area contributed by atoms with E-state index in [2.05, 4.69) is 11.1 Å². The first kappa shape index (κ1) is 9.42. The standard InChI is InChI=1S/C13H10N2/c14-8-5-11-1-3-12(4-2-11)13-6-9-15-10-7-13/h1-4,6-7,9-10H,5H2. The fourth-order valence-electron chi connectivity index (χ4n) is 1.45. The van der Waals surface area contributed by atoms with Crippen LogP contribution in [0.15, 0.2) is 48.8 Å². The molecule has 0 bridgehead atoms. The Hall–Kier alpha value is -2.14. The Balaban J connectivity index is 2.29. The molecule has 0 atom stereocenters. The summed E-state index contributed by atoms with van der Waals surface area (Å²) in [5.41, 5.74) is 3.35. The highest BCUT2D eigenvalue weighted by atomic mass is 14.6. The van der Waals surface area contributed by atoms with Crippen LogP contribution in [0.1, 0.15) is 5.56 Å². The maximum atomic E-state index is 8.55. The van der Waals surface area contributed by atoms with E-state index in [1.165, 1.54) is 0 Å². The third-order valence-electron chi connectivity index (χ3n) is 2.25. The van der Waals surface area contributed by atoms with Gasteiger partial charge in [0, 0.05) is 12.4 Å². The van der Waals surface area contributed by atoms with Crippen molar-refractivity contribution in [3.05, 3.63) is 54.4 Å². The Bertz CT molecular complexity index is 466. The quantitative estimate of drug-likeness (QED) is 0.737. The minimum Gasteiger partial charge on any atom is -0.265 e. The maximum absolute atomic E-state index is 8.55. The molecule has 0 saturated carbocycles. The van der Waals surface area contributed by atoms with E-state index >= 15 is 0 Å². The lowest BCUT2D eigenvalue weighted by Crippen LogP contribution is -1.82. The van der Waals surface area contributed by atoms with Gasteiger partial charge in [-0.05, 0) is 28.8 Å². The van der Waals surface area contributed by atoms with Crippen molar-refractivity contribution in [2.45, 2.75) is 6.42 Å². The van der Waals surface area contributed by atoms with Crippen LogP contribution in [-0.4, -0.2) is 4.98 Å².